The van der Waals surface area contributed by atoms with E-state index in [2.05, 4.69) is 5.32 Å². The molecule has 7 heteroatoms. The lowest BCUT2D eigenvalue weighted by Crippen LogP contribution is -2.37. The predicted octanol–water partition coefficient (Wildman–Crippen LogP) is 2.24. The van der Waals surface area contributed by atoms with Crippen LogP contribution in [-0.2, 0) is 21.4 Å². The van der Waals surface area contributed by atoms with Gasteiger partial charge in [-0.1, -0.05) is 42.5 Å². The Labute approximate surface area is 154 Å². The highest BCUT2D eigenvalue weighted by Crippen LogP contribution is 2.12. The van der Waals surface area contributed by atoms with E-state index in [4.69, 9.17) is 4.74 Å². The summed E-state index contributed by atoms with van der Waals surface area (Å²) in [7, 11) is -0.734. The molecular formula is C19H22N2O4S. The monoisotopic (exact) mass is 374 g/mol. The Morgan fingerprint density at radius 2 is 1.88 bits per heavy atom. The van der Waals surface area contributed by atoms with Crippen LogP contribution >= 0.6 is 0 Å². The molecular weight excluding hydrogens is 352 g/mol. The van der Waals surface area contributed by atoms with Gasteiger partial charge in [0.15, 0.2) is 0 Å². The van der Waals surface area contributed by atoms with Crippen LogP contribution < -0.4 is 10.1 Å². The summed E-state index contributed by atoms with van der Waals surface area (Å²) < 4.78 is 30.6. The maximum Gasteiger partial charge on any atom is 0.236 e. The molecule has 2 rings (SSSR count). The van der Waals surface area contributed by atoms with Crippen LogP contribution in [0.5, 0.6) is 5.75 Å². The van der Waals surface area contributed by atoms with Crippen LogP contribution in [0.2, 0.25) is 0 Å². The number of carbonyl (C=O) groups is 1. The van der Waals surface area contributed by atoms with E-state index in [-0.39, 0.29) is 12.5 Å². The van der Waals surface area contributed by atoms with Crippen molar-refractivity contribution in [1.29, 1.82) is 0 Å². The molecule has 26 heavy (non-hydrogen) atoms. The molecule has 1 amide bonds. The van der Waals surface area contributed by atoms with E-state index >= 15 is 0 Å². The van der Waals surface area contributed by atoms with Crippen molar-refractivity contribution in [2.75, 3.05) is 20.7 Å². The average molecular weight is 374 g/mol. The maximum absolute atomic E-state index is 12.2. The van der Waals surface area contributed by atoms with Gasteiger partial charge in [0.05, 0.1) is 13.7 Å². The Morgan fingerprint density at radius 3 is 2.58 bits per heavy atom. The van der Waals surface area contributed by atoms with E-state index in [1.807, 2.05) is 42.5 Å². The van der Waals surface area contributed by atoms with Crippen molar-refractivity contribution in [3.8, 4) is 5.75 Å². The molecule has 0 saturated heterocycles. The summed E-state index contributed by atoms with van der Waals surface area (Å²) >= 11 is 0. The van der Waals surface area contributed by atoms with Gasteiger partial charge >= 0.3 is 0 Å². The second kappa shape index (κ2) is 9.17. The molecule has 0 fully saturated rings. The zero-order chi connectivity index (χ0) is 19.0. The number of hydrogen-bond acceptors (Lipinski definition) is 4. The fraction of sp³-hybridized carbons (Fsp3) is 0.211. The first-order valence-corrected chi connectivity index (χ1v) is 9.50. The van der Waals surface area contributed by atoms with E-state index in [1.165, 1.54) is 13.1 Å². The molecule has 0 unspecified atom stereocenters. The quantitative estimate of drug-likeness (QED) is 0.769. The van der Waals surface area contributed by atoms with Crippen LogP contribution in [0, 0.1) is 0 Å². The Morgan fingerprint density at radius 1 is 1.15 bits per heavy atom. The summed E-state index contributed by atoms with van der Waals surface area (Å²) in [5.74, 6) is 0.314. The van der Waals surface area contributed by atoms with E-state index in [0.29, 0.717) is 12.3 Å². The van der Waals surface area contributed by atoms with Gasteiger partial charge in [0.1, 0.15) is 5.75 Å². The molecule has 0 spiro atoms. The molecule has 0 bridgehead atoms. The minimum atomic E-state index is -3.68. The van der Waals surface area contributed by atoms with Gasteiger partial charge in [-0.2, -0.15) is 4.31 Å². The smallest absolute Gasteiger partial charge is 0.236 e. The minimum Gasteiger partial charge on any atom is -0.497 e. The number of ether oxygens (including phenoxy) is 1. The number of likely N-dealkylation sites (N-methyl/N-ethyl adjacent to an activating group) is 1. The van der Waals surface area contributed by atoms with E-state index in [9.17, 15) is 13.2 Å². The fourth-order valence-corrected chi connectivity index (χ4v) is 3.00. The number of methoxy groups -OCH3 is 1. The van der Waals surface area contributed by atoms with Crippen LogP contribution in [-0.4, -0.2) is 39.3 Å². The zero-order valence-corrected chi connectivity index (χ0v) is 15.6. The van der Waals surface area contributed by atoms with Crippen LogP contribution in [0.4, 0.5) is 0 Å². The van der Waals surface area contributed by atoms with E-state index < -0.39 is 10.0 Å². The van der Waals surface area contributed by atoms with Gasteiger partial charge in [-0.3, -0.25) is 4.79 Å². The van der Waals surface area contributed by atoms with Crippen LogP contribution in [0.15, 0.2) is 60.0 Å². The molecule has 1 N–H and O–H groups in total. The van der Waals surface area contributed by atoms with Gasteiger partial charge in [0.25, 0.3) is 0 Å². The number of amides is 1. The Kier molecular flexibility index (Phi) is 6.94. The molecule has 0 aliphatic heterocycles. The molecule has 0 radical (unpaired) electrons. The van der Waals surface area contributed by atoms with Crippen LogP contribution in [0.25, 0.3) is 6.08 Å². The van der Waals surface area contributed by atoms with Crippen LogP contribution in [0.3, 0.4) is 0 Å². The number of carbonyl (C=O) groups excluding carboxylic acids is 1. The molecule has 0 aromatic heterocycles. The normalized spacial score (nSPS) is 11.7. The number of benzene rings is 2. The number of hydrogen-bond donors (Lipinski definition) is 1. The Balaban J connectivity index is 1.89. The third kappa shape index (κ3) is 6.02. The maximum atomic E-state index is 12.2. The lowest BCUT2D eigenvalue weighted by Gasteiger charge is -2.14. The molecule has 6 nitrogen and oxygen atoms in total. The third-order valence-electron chi connectivity index (χ3n) is 3.66. The highest BCUT2D eigenvalue weighted by atomic mass is 32.2. The summed E-state index contributed by atoms with van der Waals surface area (Å²) in [6, 6.07) is 16.4. The largest absolute Gasteiger partial charge is 0.497 e. The van der Waals surface area contributed by atoms with E-state index in [1.54, 1.807) is 19.2 Å². The Hall–Kier alpha value is -2.64. The second-order valence-corrected chi connectivity index (χ2v) is 7.57. The number of nitrogens with zero attached hydrogens (tertiary/aromatic N) is 1. The first-order valence-electron chi connectivity index (χ1n) is 8.00. The van der Waals surface area contributed by atoms with Gasteiger partial charge in [0, 0.05) is 19.0 Å². The van der Waals surface area contributed by atoms with Gasteiger partial charge in [-0.15, -0.1) is 0 Å². The van der Waals surface area contributed by atoms with Crippen molar-refractivity contribution in [2.24, 2.45) is 0 Å². The standard InChI is InChI=1S/C19H22N2O4S/c1-21(26(23,24)12-11-16-7-4-3-5-8-16)15-19(22)20-14-17-9-6-10-18(13-17)25-2/h3-13H,14-15H2,1-2H3,(H,20,22)/b12-11+. The van der Waals surface area contributed by atoms with Crippen molar-refractivity contribution in [2.45, 2.75) is 6.54 Å². The molecule has 138 valence electrons. The molecule has 0 heterocycles. The molecule has 0 saturated carbocycles. The predicted molar refractivity (Wildman–Crippen MR) is 102 cm³/mol. The summed E-state index contributed by atoms with van der Waals surface area (Å²) in [4.78, 5) is 12.0. The SMILES string of the molecule is COc1cccc(CNC(=O)CN(C)S(=O)(=O)/C=C/c2ccccc2)c1. The first-order chi connectivity index (χ1) is 12.4. The molecule has 2 aromatic carbocycles. The van der Waals surface area contributed by atoms with Crippen molar-refractivity contribution in [3.63, 3.8) is 0 Å². The van der Waals surface area contributed by atoms with Crippen molar-refractivity contribution in [1.82, 2.24) is 9.62 Å². The minimum absolute atomic E-state index is 0.259. The summed E-state index contributed by atoms with van der Waals surface area (Å²) in [5.41, 5.74) is 1.64. The van der Waals surface area contributed by atoms with Gasteiger partial charge in [0.2, 0.25) is 15.9 Å². The molecule has 2 aromatic rings. The van der Waals surface area contributed by atoms with Gasteiger partial charge in [-0.05, 0) is 29.3 Å². The highest BCUT2D eigenvalue weighted by Gasteiger charge is 2.17. The number of nitrogens with one attached hydrogen (secondary N) is 1. The summed E-state index contributed by atoms with van der Waals surface area (Å²) in [6.45, 7) is 0.0369. The van der Waals surface area contributed by atoms with Crippen LogP contribution in [0.1, 0.15) is 11.1 Å². The highest BCUT2D eigenvalue weighted by molar-refractivity contribution is 7.92. The molecule has 0 aliphatic carbocycles. The topological polar surface area (TPSA) is 75.7 Å². The van der Waals surface area contributed by atoms with Gasteiger partial charge < -0.3 is 10.1 Å². The lowest BCUT2D eigenvalue weighted by molar-refractivity contribution is -0.121. The average Bonchev–Trinajstić information content (AvgIpc) is 2.66. The second-order valence-electron chi connectivity index (χ2n) is 5.64. The molecule has 0 atom stereocenters. The summed E-state index contributed by atoms with van der Waals surface area (Å²) in [5, 5.41) is 3.80. The van der Waals surface area contributed by atoms with Crippen molar-refractivity contribution >= 4 is 22.0 Å². The number of sulfonamides is 1. The van der Waals surface area contributed by atoms with Crippen molar-refractivity contribution in [3.05, 3.63) is 71.1 Å². The third-order valence-corrected chi connectivity index (χ3v) is 5.13. The van der Waals surface area contributed by atoms with Gasteiger partial charge in [-0.25, -0.2) is 8.42 Å². The zero-order valence-electron chi connectivity index (χ0n) is 14.8. The van der Waals surface area contributed by atoms with Crippen molar-refractivity contribution < 1.29 is 17.9 Å². The number of rotatable bonds is 8. The molecule has 0 aliphatic rings. The van der Waals surface area contributed by atoms with E-state index in [0.717, 1.165) is 20.8 Å². The fourth-order valence-electron chi connectivity index (χ4n) is 2.16. The Bertz CT molecular complexity index is 864. The summed E-state index contributed by atoms with van der Waals surface area (Å²) in [6.07, 6.45) is 1.50. The lowest BCUT2D eigenvalue weighted by atomic mass is 10.2. The first kappa shape index (κ1) is 19.7.